The summed E-state index contributed by atoms with van der Waals surface area (Å²) in [4.78, 5) is 6.69. The number of aliphatic imine (C=N–C) groups is 1. The minimum atomic E-state index is 0.466. The van der Waals surface area contributed by atoms with E-state index < -0.39 is 0 Å². The predicted octanol–water partition coefficient (Wildman–Crippen LogP) is 3.80. The summed E-state index contributed by atoms with van der Waals surface area (Å²) in [5.41, 5.74) is 12.3. The molecule has 4 heteroatoms. The number of benzene rings is 2. The van der Waals surface area contributed by atoms with Gasteiger partial charge >= 0.3 is 0 Å². The van der Waals surface area contributed by atoms with Crippen LogP contribution in [0.4, 0.5) is 5.69 Å². The minimum absolute atomic E-state index is 0.466. The van der Waals surface area contributed by atoms with Crippen LogP contribution in [0.5, 0.6) is 0 Å². The van der Waals surface area contributed by atoms with Crippen LogP contribution in [0.15, 0.2) is 47.5 Å². The standard InChI is InChI=1S/C21H30N4/c1-5-18-11-8-12-19(6-2)20(18)24-21(22)23-14-16-9-7-10-17(13-16)15-25(3)4/h7-13H,5-6,14-15H2,1-4H3,(H3,22,23,24). The van der Waals surface area contributed by atoms with Crippen LogP contribution in [0.2, 0.25) is 0 Å². The molecule has 0 bridgehead atoms. The molecule has 0 aliphatic rings. The normalized spacial score (nSPS) is 11.8. The second kappa shape index (κ2) is 9.23. The molecule has 0 aliphatic heterocycles. The molecule has 0 fully saturated rings. The van der Waals surface area contributed by atoms with Crippen LogP contribution < -0.4 is 11.1 Å². The summed E-state index contributed by atoms with van der Waals surface area (Å²) in [5.74, 6) is 0.466. The smallest absolute Gasteiger partial charge is 0.193 e. The molecule has 0 radical (unpaired) electrons. The number of nitrogens with two attached hydrogens (primary N) is 1. The highest BCUT2D eigenvalue weighted by Crippen LogP contribution is 2.22. The molecule has 2 aromatic rings. The average Bonchev–Trinajstić information content (AvgIpc) is 2.60. The first-order valence-corrected chi connectivity index (χ1v) is 8.93. The maximum absolute atomic E-state index is 6.15. The predicted molar refractivity (Wildman–Crippen MR) is 108 cm³/mol. The molecule has 0 amide bonds. The van der Waals surface area contributed by atoms with Crippen molar-refractivity contribution in [1.29, 1.82) is 0 Å². The van der Waals surface area contributed by atoms with E-state index in [1.165, 1.54) is 22.3 Å². The molecule has 0 spiro atoms. The molecule has 25 heavy (non-hydrogen) atoms. The van der Waals surface area contributed by atoms with Crippen molar-refractivity contribution in [3.05, 3.63) is 64.7 Å². The zero-order valence-corrected chi connectivity index (χ0v) is 15.8. The first-order valence-electron chi connectivity index (χ1n) is 8.93. The second-order valence-corrected chi connectivity index (χ2v) is 6.54. The van der Waals surface area contributed by atoms with Crippen LogP contribution in [0.1, 0.15) is 36.1 Å². The SMILES string of the molecule is CCc1cccc(CC)c1NC(N)=NCc1cccc(CN(C)C)c1. The third-order valence-electron chi connectivity index (χ3n) is 4.17. The molecular formula is C21H30N4. The molecular weight excluding hydrogens is 308 g/mol. The van der Waals surface area contributed by atoms with Crippen molar-refractivity contribution in [3.8, 4) is 0 Å². The van der Waals surface area contributed by atoms with Crippen molar-refractivity contribution in [3.63, 3.8) is 0 Å². The molecule has 134 valence electrons. The van der Waals surface area contributed by atoms with Crippen molar-refractivity contribution >= 4 is 11.6 Å². The molecule has 0 saturated carbocycles. The second-order valence-electron chi connectivity index (χ2n) is 6.54. The molecule has 0 unspecified atom stereocenters. The Hall–Kier alpha value is -2.33. The summed E-state index contributed by atoms with van der Waals surface area (Å²) in [6, 6.07) is 14.9. The van der Waals surface area contributed by atoms with Crippen molar-refractivity contribution in [2.24, 2.45) is 10.7 Å². The van der Waals surface area contributed by atoms with Gasteiger partial charge in [-0.05, 0) is 49.2 Å². The highest BCUT2D eigenvalue weighted by Gasteiger charge is 2.07. The fourth-order valence-corrected chi connectivity index (χ4v) is 2.94. The third-order valence-corrected chi connectivity index (χ3v) is 4.17. The van der Waals surface area contributed by atoms with Crippen LogP contribution >= 0.6 is 0 Å². The van der Waals surface area contributed by atoms with Crippen LogP contribution in [0, 0.1) is 0 Å². The number of nitrogens with one attached hydrogen (secondary N) is 1. The minimum Gasteiger partial charge on any atom is -0.370 e. The van der Waals surface area contributed by atoms with Crippen LogP contribution in [0.25, 0.3) is 0 Å². The Bertz CT molecular complexity index is 697. The zero-order chi connectivity index (χ0) is 18.2. The van der Waals surface area contributed by atoms with Gasteiger partial charge in [0.1, 0.15) is 0 Å². The average molecular weight is 338 g/mol. The van der Waals surface area contributed by atoms with Gasteiger partial charge in [0.2, 0.25) is 0 Å². The Morgan fingerprint density at radius 2 is 1.60 bits per heavy atom. The molecule has 3 N–H and O–H groups in total. The Morgan fingerprint density at radius 3 is 2.20 bits per heavy atom. The van der Waals surface area contributed by atoms with Crippen molar-refractivity contribution in [2.75, 3.05) is 19.4 Å². The molecule has 0 saturated heterocycles. The van der Waals surface area contributed by atoms with Gasteiger partial charge in [0.05, 0.1) is 6.54 Å². The number of rotatable bonds is 7. The summed E-state index contributed by atoms with van der Waals surface area (Å²) < 4.78 is 0. The first-order chi connectivity index (χ1) is 12.0. The zero-order valence-electron chi connectivity index (χ0n) is 15.8. The number of hydrogen-bond donors (Lipinski definition) is 2. The largest absolute Gasteiger partial charge is 0.370 e. The van der Waals surface area contributed by atoms with Crippen LogP contribution in [0.3, 0.4) is 0 Å². The number of aryl methyl sites for hydroxylation is 2. The van der Waals surface area contributed by atoms with Gasteiger partial charge in [0.25, 0.3) is 0 Å². The Kier molecular flexibility index (Phi) is 7.02. The number of hydrogen-bond acceptors (Lipinski definition) is 2. The summed E-state index contributed by atoms with van der Waals surface area (Å²) >= 11 is 0. The summed E-state index contributed by atoms with van der Waals surface area (Å²) in [6.45, 7) is 5.82. The lowest BCUT2D eigenvalue weighted by atomic mass is 10.0. The van der Waals surface area contributed by atoms with Gasteiger partial charge < -0.3 is 16.0 Å². The molecule has 0 aromatic heterocycles. The maximum Gasteiger partial charge on any atom is 0.193 e. The lowest BCUT2D eigenvalue weighted by Gasteiger charge is -2.15. The fraction of sp³-hybridized carbons (Fsp3) is 0.381. The van der Waals surface area contributed by atoms with E-state index in [2.05, 4.69) is 85.6 Å². The molecule has 0 aliphatic carbocycles. The quantitative estimate of drug-likeness (QED) is 0.596. The summed E-state index contributed by atoms with van der Waals surface area (Å²) in [6.07, 6.45) is 1.94. The first kappa shape index (κ1) is 19.0. The van der Waals surface area contributed by atoms with E-state index >= 15 is 0 Å². The highest BCUT2D eigenvalue weighted by molar-refractivity contribution is 5.93. The van der Waals surface area contributed by atoms with Gasteiger partial charge in [-0.2, -0.15) is 0 Å². The molecule has 0 atom stereocenters. The highest BCUT2D eigenvalue weighted by atomic mass is 15.1. The van der Waals surface area contributed by atoms with Gasteiger partial charge in [-0.25, -0.2) is 4.99 Å². The summed E-state index contributed by atoms with van der Waals surface area (Å²) in [5, 5.41) is 3.32. The van der Waals surface area contributed by atoms with Crippen molar-refractivity contribution in [2.45, 2.75) is 39.8 Å². The maximum atomic E-state index is 6.15. The number of guanidine groups is 1. The van der Waals surface area contributed by atoms with E-state index in [-0.39, 0.29) is 0 Å². The lowest BCUT2D eigenvalue weighted by Crippen LogP contribution is -2.24. The van der Waals surface area contributed by atoms with Crippen LogP contribution in [-0.2, 0) is 25.9 Å². The van der Waals surface area contributed by atoms with Gasteiger partial charge in [-0.15, -0.1) is 0 Å². The molecule has 2 aromatic carbocycles. The van der Waals surface area contributed by atoms with E-state index in [0.717, 1.165) is 25.1 Å². The van der Waals surface area contributed by atoms with E-state index in [4.69, 9.17) is 5.73 Å². The lowest BCUT2D eigenvalue weighted by molar-refractivity contribution is 0.402. The monoisotopic (exact) mass is 338 g/mol. The number of anilines is 1. The van der Waals surface area contributed by atoms with Gasteiger partial charge in [-0.3, -0.25) is 0 Å². The van der Waals surface area contributed by atoms with E-state index in [9.17, 15) is 0 Å². The van der Waals surface area contributed by atoms with E-state index in [1.54, 1.807) is 0 Å². The topological polar surface area (TPSA) is 53.6 Å². The molecule has 4 nitrogen and oxygen atoms in total. The summed E-state index contributed by atoms with van der Waals surface area (Å²) in [7, 11) is 4.15. The Labute approximate surface area is 151 Å². The van der Waals surface area contributed by atoms with Crippen molar-refractivity contribution in [1.82, 2.24) is 4.90 Å². The number of nitrogens with zero attached hydrogens (tertiary/aromatic N) is 2. The van der Waals surface area contributed by atoms with Gasteiger partial charge in [0.15, 0.2) is 5.96 Å². The van der Waals surface area contributed by atoms with Crippen molar-refractivity contribution < 1.29 is 0 Å². The van der Waals surface area contributed by atoms with E-state index in [0.29, 0.717) is 12.5 Å². The Balaban J connectivity index is 2.10. The fourth-order valence-electron chi connectivity index (χ4n) is 2.94. The van der Waals surface area contributed by atoms with Gasteiger partial charge in [0, 0.05) is 12.2 Å². The van der Waals surface area contributed by atoms with Crippen LogP contribution in [-0.4, -0.2) is 25.0 Å². The molecule has 2 rings (SSSR count). The van der Waals surface area contributed by atoms with E-state index in [1.807, 2.05) is 0 Å². The molecule has 0 heterocycles. The Morgan fingerprint density at radius 1 is 1.00 bits per heavy atom. The van der Waals surface area contributed by atoms with Gasteiger partial charge in [-0.1, -0.05) is 56.3 Å². The third kappa shape index (κ3) is 5.61. The number of para-hydroxylation sites is 1.